The average molecular weight is 197 g/mol. The number of rotatable bonds is 2. The van der Waals surface area contributed by atoms with Gasteiger partial charge in [0.05, 0.1) is 5.92 Å². The van der Waals surface area contributed by atoms with E-state index >= 15 is 0 Å². The number of halogens is 1. The van der Waals surface area contributed by atoms with Crippen LogP contribution in [-0.4, -0.2) is 11.1 Å². The van der Waals surface area contributed by atoms with Crippen molar-refractivity contribution in [2.75, 3.05) is 0 Å². The lowest BCUT2D eigenvalue weighted by atomic mass is 10.1. The maximum Gasteiger partial charge on any atom is 0.307 e. The summed E-state index contributed by atoms with van der Waals surface area (Å²) in [7, 11) is 0. The van der Waals surface area contributed by atoms with Crippen LogP contribution in [0.4, 0.5) is 0 Å². The minimum atomic E-state index is -0.718. The number of hydrogen-bond acceptors (Lipinski definition) is 1. The molecular weight excluding hydrogens is 188 g/mol. The molecule has 68 valence electrons. The van der Waals surface area contributed by atoms with E-state index in [4.69, 9.17) is 16.7 Å². The van der Waals surface area contributed by atoms with Gasteiger partial charge in [-0.15, -0.1) is 0 Å². The van der Waals surface area contributed by atoms with E-state index in [2.05, 4.69) is 0 Å². The lowest BCUT2D eigenvalue weighted by molar-refractivity contribution is -0.138. The molecule has 1 saturated carbocycles. The van der Waals surface area contributed by atoms with Gasteiger partial charge in [0.1, 0.15) is 0 Å². The molecule has 0 aromatic heterocycles. The maximum absolute atomic E-state index is 10.6. The molecule has 2 atom stereocenters. The number of aliphatic carboxylic acids is 1. The predicted octanol–water partition coefficient (Wildman–Crippen LogP) is 2.53. The van der Waals surface area contributed by atoms with Gasteiger partial charge in [-0.25, -0.2) is 0 Å². The summed E-state index contributed by atoms with van der Waals surface area (Å²) in [5, 5.41) is 9.41. The van der Waals surface area contributed by atoms with Crippen LogP contribution in [0.3, 0.4) is 0 Å². The highest BCUT2D eigenvalue weighted by Crippen LogP contribution is 2.49. The Bertz CT molecular complexity index is 349. The first-order valence-corrected chi connectivity index (χ1v) is 4.55. The van der Waals surface area contributed by atoms with Crippen LogP contribution in [0.15, 0.2) is 24.3 Å². The van der Waals surface area contributed by atoms with Gasteiger partial charge in [-0.3, -0.25) is 4.79 Å². The molecule has 1 aromatic carbocycles. The van der Waals surface area contributed by atoms with Gasteiger partial charge in [0.15, 0.2) is 0 Å². The Morgan fingerprint density at radius 1 is 1.46 bits per heavy atom. The van der Waals surface area contributed by atoms with Crippen LogP contribution in [0, 0.1) is 5.92 Å². The summed E-state index contributed by atoms with van der Waals surface area (Å²) in [6.45, 7) is 0. The van der Waals surface area contributed by atoms with E-state index in [1.54, 1.807) is 6.07 Å². The lowest BCUT2D eigenvalue weighted by Gasteiger charge is -2.00. The van der Waals surface area contributed by atoms with Gasteiger partial charge in [-0.05, 0) is 24.0 Å². The molecule has 0 aliphatic heterocycles. The molecule has 13 heavy (non-hydrogen) atoms. The van der Waals surface area contributed by atoms with Gasteiger partial charge in [0.2, 0.25) is 0 Å². The van der Waals surface area contributed by atoms with Crippen LogP contribution >= 0.6 is 11.6 Å². The Morgan fingerprint density at radius 2 is 2.15 bits per heavy atom. The summed E-state index contributed by atoms with van der Waals surface area (Å²) in [6.07, 6.45) is 0.721. The van der Waals surface area contributed by atoms with E-state index < -0.39 is 5.97 Å². The molecule has 2 rings (SSSR count). The van der Waals surface area contributed by atoms with Gasteiger partial charge in [-0.2, -0.15) is 0 Å². The Labute approximate surface area is 81.1 Å². The van der Waals surface area contributed by atoms with Crippen molar-refractivity contribution in [1.29, 1.82) is 0 Å². The molecule has 0 bridgehead atoms. The number of hydrogen-bond donors (Lipinski definition) is 1. The molecule has 1 aromatic rings. The average Bonchev–Trinajstić information content (AvgIpc) is 2.84. The van der Waals surface area contributed by atoms with Crippen LogP contribution < -0.4 is 0 Å². The van der Waals surface area contributed by atoms with Crippen LogP contribution in [0.1, 0.15) is 17.9 Å². The highest BCUT2D eigenvalue weighted by Gasteiger charge is 2.44. The molecule has 1 aliphatic carbocycles. The molecule has 3 heteroatoms. The molecule has 0 radical (unpaired) electrons. The van der Waals surface area contributed by atoms with Crippen LogP contribution in [0.5, 0.6) is 0 Å². The summed E-state index contributed by atoms with van der Waals surface area (Å²) in [6, 6.07) is 7.44. The fourth-order valence-corrected chi connectivity index (χ4v) is 1.86. The van der Waals surface area contributed by atoms with Crippen molar-refractivity contribution in [3.63, 3.8) is 0 Å². The number of benzene rings is 1. The molecule has 1 N–H and O–H groups in total. The van der Waals surface area contributed by atoms with Gasteiger partial charge in [-0.1, -0.05) is 29.8 Å². The summed E-state index contributed by atoms with van der Waals surface area (Å²) >= 11 is 5.94. The first-order chi connectivity index (χ1) is 6.20. The highest BCUT2D eigenvalue weighted by molar-refractivity contribution is 6.31. The fourth-order valence-electron chi connectivity index (χ4n) is 1.59. The van der Waals surface area contributed by atoms with E-state index in [0.29, 0.717) is 5.02 Å². The smallest absolute Gasteiger partial charge is 0.307 e. The zero-order valence-electron chi connectivity index (χ0n) is 6.90. The summed E-state index contributed by atoms with van der Waals surface area (Å²) in [5.74, 6) is -0.809. The second-order valence-electron chi connectivity index (χ2n) is 3.31. The van der Waals surface area contributed by atoms with Crippen molar-refractivity contribution in [3.05, 3.63) is 34.9 Å². The third-order valence-electron chi connectivity index (χ3n) is 2.41. The third-order valence-corrected chi connectivity index (χ3v) is 2.76. The largest absolute Gasteiger partial charge is 0.481 e. The van der Waals surface area contributed by atoms with Crippen LogP contribution in [0.25, 0.3) is 0 Å². The zero-order chi connectivity index (χ0) is 9.42. The van der Waals surface area contributed by atoms with Crippen molar-refractivity contribution >= 4 is 17.6 Å². The van der Waals surface area contributed by atoms with Crippen molar-refractivity contribution in [1.82, 2.24) is 0 Å². The SMILES string of the molecule is O=C(O)[C@H]1C[C@@H]1c1ccccc1Cl. The normalized spacial score (nSPS) is 25.6. The molecule has 2 nitrogen and oxygen atoms in total. The van der Waals surface area contributed by atoms with Crippen molar-refractivity contribution in [2.24, 2.45) is 5.92 Å². The summed E-state index contributed by atoms with van der Waals surface area (Å²) in [4.78, 5) is 10.6. The molecule has 1 fully saturated rings. The van der Waals surface area contributed by atoms with Gasteiger partial charge < -0.3 is 5.11 Å². The Kier molecular flexibility index (Phi) is 2.00. The topological polar surface area (TPSA) is 37.3 Å². The first-order valence-electron chi connectivity index (χ1n) is 4.17. The zero-order valence-corrected chi connectivity index (χ0v) is 7.66. The van der Waals surface area contributed by atoms with E-state index in [9.17, 15) is 4.79 Å². The van der Waals surface area contributed by atoms with Crippen molar-refractivity contribution in [3.8, 4) is 0 Å². The summed E-state index contributed by atoms with van der Waals surface area (Å²) in [5.41, 5.74) is 0.969. The van der Waals surface area contributed by atoms with Crippen molar-refractivity contribution < 1.29 is 9.90 Å². The standard InChI is InChI=1S/C10H9ClO2/c11-9-4-2-1-3-6(9)7-5-8(7)10(12)13/h1-4,7-8H,5H2,(H,12,13)/t7-,8+/m1/s1. The maximum atomic E-state index is 10.6. The van der Waals surface area contributed by atoms with E-state index in [1.807, 2.05) is 18.2 Å². The number of carbonyl (C=O) groups is 1. The predicted molar refractivity (Wildman–Crippen MR) is 49.9 cm³/mol. The third kappa shape index (κ3) is 1.54. The van der Waals surface area contributed by atoms with Crippen LogP contribution in [0.2, 0.25) is 5.02 Å². The monoisotopic (exact) mass is 196 g/mol. The second kappa shape index (κ2) is 3.04. The summed E-state index contributed by atoms with van der Waals surface area (Å²) < 4.78 is 0. The molecule has 0 heterocycles. The Morgan fingerprint density at radius 3 is 2.69 bits per heavy atom. The molecule has 0 spiro atoms. The van der Waals surface area contributed by atoms with Gasteiger partial charge >= 0.3 is 5.97 Å². The first kappa shape index (κ1) is 8.57. The Balaban J connectivity index is 2.21. The lowest BCUT2D eigenvalue weighted by Crippen LogP contribution is -1.98. The number of carboxylic acid groups (broad SMARTS) is 1. The minimum absolute atomic E-state index is 0.131. The van der Waals surface area contributed by atoms with Gasteiger partial charge in [0.25, 0.3) is 0 Å². The van der Waals surface area contributed by atoms with Crippen LogP contribution in [-0.2, 0) is 4.79 Å². The second-order valence-corrected chi connectivity index (χ2v) is 3.72. The Hall–Kier alpha value is -1.02. The molecule has 0 unspecified atom stereocenters. The molecule has 0 saturated heterocycles. The van der Waals surface area contributed by atoms with E-state index in [-0.39, 0.29) is 11.8 Å². The fraction of sp³-hybridized carbons (Fsp3) is 0.300. The van der Waals surface area contributed by atoms with E-state index in [1.165, 1.54) is 0 Å². The highest BCUT2D eigenvalue weighted by atomic mass is 35.5. The van der Waals surface area contributed by atoms with Gasteiger partial charge in [0, 0.05) is 5.02 Å². The minimum Gasteiger partial charge on any atom is -0.481 e. The molecule has 1 aliphatic rings. The molecule has 0 amide bonds. The number of carboxylic acids is 1. The quantitative estimate of drug-likeness (QED) is 0.789. The van der Waals surface area contributed by atoms with Crippen molar-refractivity contribution in [2.45, 2.75) is 12.3 Å². The molecular formula is C10H9ClO2. The van der Waals surface area contributed by atoms with E-state index in [0.717, 1.165) is 12.0 Å².